The van der Waals surface area contributed by atoms with Gasteiger partial charge in [0.15, 0.2) is 0 Å². The number of carbonyl (C=O) groups is 1. The van der Waals surface area contributed by atoms with E-state index in [1.807, 2.05) is 24.3 Å². The molecule has 0 saturated carbocycles. The standard InChI is InChI=1S/C16H18N2O4/c1-21-12-4-2-11(3-5-12)13-10-17-14(16(19)20)15(13)18-6-8-22-9-7-18/h2-5,10,17H,6-9H2,1H3,(H,19,20). The molecule has 1 aliphatic rings. The molecule has 6 nitrogen and oxygen atoms in total. The molecule has 0 amide bonds. The number of aromatic nitrogens is 1. The fourth-order valence-corrected chi connectivity index (χ4v) is 2.68. The van der Waals surface area contributed by atoms with E-state index in [1.165, 1.54) is 0 Å². The third-order valence-electron chi connectivity index (χ3n) is 3.79. The van der Waals surface area contributed by atoms with Crippen LogP contribution in [0.3, 0.4) is 0 Å². The van der Waals surface area contributed by atoms with Crippen molar-refractivity contribution in [2.24, 2.45) is 0 Å². The number of rotatable bonds is 4. The van der Waals surface area contributed by atoms with Gasteiger partial charge in [-0.2, -0.15) is 0 Å². The number of aromatic amines is 1. The van der Waals surface area contributed by atoms with Gasteiger partial charge >= 0.3 is 5.97 Å². The third-order valence-corrected chi connectivity index (χ3v) is 3.79. The molecule has 0 radical (unpaired) electrons. The number of carboxylic acid groups (broad SMARTS) is 1. The number of carboxylic acids is 1. The highest BCUT2D eigenvalue weighted by atomic mass is 16.5. The molecule has 2 N–H and O–H groups in total. The van der Waals surface area contributed by atoms with E-state index in [2.05, 4.69) is 9.88 Å². The normalized spacial score (nSPS) is 14.9. The van der Waals surface area contributed by atoms with E-state index in [0.717, 1.165) is 22.6 Å². The smallest absolute Gasteiger partial charge is 0.354 e. The summed E-state index contributed by atoms with van der Waals surface area (Å²) in [6.45, 7) is 2.57. The zero-order valence-corrected chi connectivity index (χ0v) is 12.3. The van der Waals surface area contributed by atoms with Gasteiger partial charge in [-0.25, -0.2) is 4.79 Å². The summed E-state index contributed by atoms with van der Waals surface area (Å²) in [4.78, 5) is 16.4. The summed E-state index contributed by atoms with van der Waals surface area (Å²) < 4.78 is 10.5. The molecule has 1 fully saturated rings. The molecule has 1 aromatic carbocycles. The third kappa shape index (κ3) is 2.65. The van der Waals surface area contributed by atoms with Gasteiger partial charge in [-0.3, -0.25) is 0 Å². The van der Waals surface area contributed by atoms with E-state index < -0.39 is 5.97 Å². The number of hydrogen-bond donors (Lipinski definition) is 2. The number of nitrogens with zero attached hydrogens (tertiary/aromatic N) is 1. The number of aromatic carboxylic acids is 1. The van der Waals surface area contributed by atoms with Crippen molar-refractivity contribution in [3.8, 4) is 16.9 Å². The molecule has 1 aliphatic heterocycles. The largest absolute Gasteiger partial charge is 0.497 e. The highest BCUT2D eigenvalue weighted by Gasteiger charge is 2.24. The first-order valence-electron chi connectivity index (χ1n) is 7.12. The average Bonchev–Trinajstić information content (AvgIpc) is 3.01. The number of H-pyrrole nitrogens is 1. The Morgan fingerprint density at radius 3 is 2.55 bits per heavy atom. The Bertz CT molecular complexity index is 657. The van der Waals surface area contributed by atoms with Crippen LogP contribution >= 0.6 is 0 Å². The second kappa shape index (κ2) is 6.11. The molecule has 0 spiro atoms. The van der Waals surface area contributed by atoms with Crippen LogP contribution in [0.1, 0.15) is 10.5 Å². The van der Waals surface area contributed by atoms with E-state index in [4.69, 9.17) is 9.47 Å². The van der Waals surface area contributed by atoms with Crippen LogP contribution in [-0.2, 0) is 4.74 Å². The van der Waals surface area contributed by atoms with Crippen LogP contribution in [0.2, 0.25) is 0 Å². The van der Waals surface area contributed by atoms with Gasteiger partial charge in [0, 0.05) is 24.8 Å². The summed E-state index contributed by atoms with van der Waals surface area (Å²) >= 11 is 0. The van der Waals surface area contributed by atoms with Gasteiger partial charge in [0.2, 0.25) is 0 Å². The average molecular weight is 302 g/mol. The highest BCUT2D eigenvalue weighted by molar-refractivity contribution is 5.98. The molecule has 22 heavy (non-hydrogen) atoms. The summed E-state index contributed by atoms with van der Waals surface area (Å²) in [5.41, 5.74) is 2.77. The molecule has 0 aliphatic carbocycles. The van der Waals surface area contributed by atoms with Crippen LogP contribution in [0.25, 0.3) is 11.1 Å². The lowest BCUT2D eigenvalue weighted by molar-refractivity contribution is 0.0690. The van der Waals surface area contributed by atoms with Crippen LogP contribution in [0.5, 0.6) is 5.75 Å². The van der Waals surface area contributed by atoms with E-state index in [-0.39, 0.29) is 5.69 Å². The first-order valence-corrected chi connectivity index (χ1v) is 7.12. The quantitative estimate of drug-likeness (QED) is 0.906. The lowest BCUT2D eigenvalue weighted by Crippen LogP contribution is -2.37. The minimum absolute atomic E-state index is 0.215. The van der Waals surface area contributed by atoms with Crippen molar-refractivity contribution < 1.29 is 19.4 Å². The first-order chi connectivity index (χ1) is 10.7. The lowest BCUT2D eigenvalue weighted by atomic mass is 10.1. The number of hydrogen-bond acceptors (Lipinski definition) is 4. The van der Waals surface area contributed by atoms with Crippen LogP contribution in [0, 0.1) is 0 Å². The number of morpholine rings is 1. The molecule has 1 aromatic heterocycles. The fourth-order valence-electron chi connectivity index (χ4n) is 2.68. The van der Waals surface area contributed by atoms with Crippen molar-refractivity contribution in [2.75, 3.05) is 38.3 Å². The van der Waals surface area contributed by atoms with Gasteiger partial charge in [-0.05, 0) is 17.7 Å². The van der Waals surface area contributed by atoms with E-state index in [0.29, 0.717) is 26.3 Å². The summed E-state index contributed by atoms with van der Waals surface area (Å²) in [5.74, 6) is -0.188. The van der Waals surface area contributed by atoms with Crippen molar-refractivity contribution >= 4 is 11.7 Å². The highest BCUT2D eigenvalue weighted by Crippen LogP contribution is 2.35. The van der Waals surface area contributed by atoms with E-state index >= 15 is 0 Å². The van der Waals surface area contributed by atoms with E-state index in [9.17, 15) is 9.90 Å². The van der Waals surface area contributed by atoms with Crippen molar-refractivity contribution in [3.05, 3.63) is 36.2 Å². The maximum absolute atomic E-state index is 11.5. The van der Waals surface area contributed by atoms with Crippen LogP contribution in [-0.4, -0.2) is 49.5 Å². The molecule has 2 heterocycles. The molecule has 6 heteroatoms. The Kier molecular flexibility index (Phi) is 4.02. The minimum Gasteiger partial charge on any atom is -0.497 e. The maximum Gasteiger partial charge on any atom is 0.354 e. The zero-order valence-electron chi connectivity index (χ0n) is 12.3. The van der Waals surface area contributed by atoms with Gasteiger partial charge in [0.25, 0.3) is 0 Å². The Hall–Kier alpha value is -2.47. The summed E-state index contributed by atoms with van der Waals surface area (Å²) in [6.07, 6.45) is 1.75. The summed E-state index contributed by atoms with van der Waals surface area (Å²) in [6, 6.07) is 7.59. The van der Waals surface area contributed by atoms with Crippen molar-refractivity contribution in [1.82, 2.24) is 4.98 Å². The van der Waals surface area contributed by atoms with Crippen LogP contribution < -0.4 is 9.64 Å². The Balaban J connectivity index is 2.04. The van der Waals surface area contributed by atoms with Crippen LogP contribution in [0.15, 0.2) is 30.5 Å². The summed E-state index contributed by atoms with van der Waals surface area (Å²) in [7, 11) is 1.62. The number of nitrogens with one attached hydrogen (secondary N) is 1. The molecule has 1 saturated heterocycles. The Morgan fingerprint density at radius 2 is 1.95 bits per heavy atom. The van der Waals surface area contributed by atoms with Crippen molar-refractivity contribution in [3.63, 3.8) is 0 Å². The second-order valence-corrected chi connectivity index (χ2v) is 5.06. The second-order valence-electron chi connectivity index (χ2n) is 5.06. The molecule has 0 atom stereocenters. The monoisotopic (exact) mass is 302 g/mol. The molecular formula is C16H18N2O4. The van der Waals surface area contributed by atoms with Gasteiger partial charge in [-0.1, -0.05) is 12.1 Å². The van der Waals surface area contributed by atoms with Gasteiger partial charge in [0.05, 0.1) is 26.0 Å². The number of anilines is 1. The SMILES string of the molecule is COc1ccc(-c2c[nH]c(C(=O)O)c2N2CCOCC2)cc1. The van der Waals surface area contributed by atoms with Gasteiger partial charge < -0.3 is 24.5 Å². The summed E-state index contributed by atoms with van der Waals surface area (Å²) in [5, 5.41) is 9.43. The molecule has 3 rings (SSSR count). The Morgan fingerprint density at radius 1 is 1.27 bits per heavy atom. The maximum atomic E-state index is 11.5. The molecule has 0 bridgehead atoms. The number of ether oxygens (including phenoxy) is 2. The van der Waals surface area contributed by atoms with E-state index in [1.54, 1.807) is 13.3 Å². The fraction of sp³-hybridized carbons (Fsp3) is 0.312. The molecule has 2 aromatic rings. The van der Waals surface area contributed by atoms with Crippen LogP contribution in [0.4, 0.5) is 5.69 Å². The van der Waals surface area contributed by atoms with Gasteiger partial charge in [-0.15, -0.1) is 0 Å². The van der Waals surface area contributed by atoms with Crippen molar-refractivity contribution in [1.29, 1.82) is 0 Å². The van der Waals surface area contributed by atoms with Gasteiger partial charge in [0.1, 0.15) is 11.4 Å². The first kappa shape index (κ1) is 14.5. The zero-order chi connectivity index (χ0) is 15.5. The molecule has 0 unspecified atom stereocenters. The van der Waals surface area contributed by atoms with Crippen molar-refractivity contribution in [2.45, 2.75) is 0 Å². The molecule has 116 valence electrons. The predicted molar refractivity (Wildman–Crippen MR) is 82.8 cm³/mol. The lowest BCUT2D eigenvalue weighted by Gasteiger charge is -2.29. The predicted octanol–water partition coefficient (Wildman–Crippen LogP) is 2.23. The Labute approximate surface area is 128 Å². The number of methoxy groups -OCH3 is 1. The number of benzene rings is 1. The molecular weight excluding hydrogens is 284 g/mol. The topological polar surface area (TPSA) is 74.8 Å². The minimum atomic E-state index is -0.957.